The van der Waals surface area contributed by atoms with E-state index in [0.717, 1.165) is 11.0 Å². The molecular formula is C7H16NO3+. The summed E-state index contributed by atoms with van der Waals surface area (Å²) >= 11 is 0. The van der Waals surface area contributed by atoms with E-state index < -0.39 is 6.16 Å². The van der Waals surface area contributed by atoms with Crippen LogP contribution in [-0.2, 0) is 0 Å². The van der Waals surface area contributed by atoms with E-state index in [0.29, 0.717) is 0 Å². The maximum atomic E-state index is 8.56. The number of quaternary nitrogens is 1. The Labute approximate surface area is 67.0 Å². The third kappa shape index (κ3) is 49.4. The Morgan fingerprint density at radius 2 is 1.73 bits per heavy atom. The van der Waals surface area contributed by atoms with Crippen molar-refractivity contribution < 1.29 is 19.5 Å². The first-order chi connectivity index (χ1) is 4.79. The Morgan fingerprint density at radius 1 is 1.45 bits per heavy atom. The van der Waals surface area contributed by atoms with Crippen LogP contribution in [0.15, 0.2) is 12.7 Å². The molecule has 0 saturated heterocycles. The minimum absolute atomic E-state index is 0.976. The first-order valence-corrected chi connectivity index (χ1v) is 3.13. The van der Waals surface area contributed by atoms with E-state index in [1.165, 1.54) is 0 Å². The van der Waals surface area contributed by atoms with E-state index >= 15 is 0 Å². The molecule has 0 aromatic rings. The molecule has 0 amide bonds. The standard InChI is InChI=1S/C6H14N.CH2O3/c1-5-6-7(2,3)4;2-1(3)4/h5H,1,6H2,2-4H3;(H2,2,3,4)/q+1;. The molecule has 0 aliphatic rings. The first-order valence-electron chi connectivity index (χ1n) is 3.13. The normalized spacial score (nSPS) is 9.36. The van der Waals surface area contributed by atoms with Gasteiger partial charge in [-0.1, -0.05) is 6.58 Å². The first kappa shape index (κ1) is 12.6. The zero-order chi connectivity index (χ0) is 9.49. The molecule has 0 heterocycles. The SMILES string of the molecule is C=CC[N+](C)(C)C.O=C(O)O. The van der Waals surface area contributed by atoms with Gasteiger partial charge in [0.05, 0.1) is 27.7 Å². The minimum Gasteiger partial charge on any atom is -0.450 e. The van der Waals surface area contributed by atoms with E-state index in [1.807, 2.05) is 6.08 Å². The molecule has 0 unspecified atom stereocenters. The van der Waals surface area contributed by atoms with E-state index in [9.17, 15) is 0 Å². The lowest BCUT2D eigenvalue weighted by Gasteiger charge is -2.21. The molecule has 0 radical (unpaired) electrons. The summed E-state index contributed by atoms with van der Waals surface area (Å²) in [5.41, 5.74) is 0. The highest BCUT2D eigenvalue weighted by atomic mass is 16.6. The predicted octanol–water partition coefficient (Wildman–Crippen LogP) is 1.10. The second-order valence-electron chi connectivity index (χ2n) is 3.04. The molecule has 0 aromatic carbocycles. The van der Waals surface area contributed by atoms with Crippen LogP contribution in [0.25, 0.3) is 0 Å². The highest BCUT2D eigenvalue weighted by Crippen LogP contribution is 1.86. The Balaban J connectivity index is 0. The Bertz CT molecular complexity index is 122. The minimum atomic E-state index is -1.83. The number of nitrogens with zero attached hydrogens (tertiary/aromatic N) is 1. The molecule has 0 saturated carbocycles. The molecule has 0 aliphatic heterocycles. The number of rotatable bonds is 2. The van der Waals surface area contributed by atoms with E-state index in [-0.39, 0.29) is 0 Å². The van der Waals surface area contributed by atoms with Crippen molar-refractivity contribution in [3.63, 3.8) is 0 Å². The molecular weight excluding hydrogens is 146 g/mol. The van der Waals surface area contributed by atoms with Gasteiger partial charge in [0, 0.05) is 0 Å². The van der Waals surface area contributed by atoms with Crippen LogP contribution in [0.1, 0.15) is 0 Å². The smallest absolute Gasteiger partial charge is 0.450 e. The van der Waals surface area contributed by atoms with E-state index in [1.54, 1.807) is 0 Å². The summed E-state index contributed by atoms with van der Waals surface area (Å²) in [6, 6.07) is 0. The number of carboxylic acid groups (broad SMARTS) is 2. The van der Waals surface area contributed by atoms with Gasteiger partial charge in [-0.25, -0.2) is 4.79 Å². The van der Waals surface area contributed by atoms with Crippen molar-refractivity contribution in [2.75, 3.05) is 27.7 Å². The summed E-state index contributed by atoms with van der Waals surface area (Å²) in [6.07, 6.45) is 0.0972. The third-order valence-electron chi connectivity index (χ3n) is 0.677. The van der Waals surface area contributed by atoms with Crippen LogP contribution in [0.5, 0.6) is 0 Å². The van der Waals surface area contributed by atoms with Crippen LogP contribution in [0, 0.1) is 0 Å². The van der Waals surface area contributed by atoms with Gasteiger partial charge in [-0.3, -0.25) is 0 Å². The Morgan fingerprint density at radius 3 is 1.73 bits per heavy atom. The number of hydrogen-bond donors (Lipinski definition) is 2. The van der Waals surface area contributed by atoms with Gasteiger partial charge in [-0.2, -0.15) is 0 Å². The van der Waals surface area contributed by atoms with Gasteiger partial charge in [0.1, 0.15) is 0 Å². The van der Waals surface area contributed by atoms with Crippen LogP contribution >= 0.6 is 0 Å². The van der Waals surface area contributed by atoms with Crippen LogP contribution in [-0.4, -0.2) is 48.5 Å². The molecule has 4 heteroatoms. The van der Waals surface area contributed by atoms with Crippen LogP contribution in [0.2, 0.25) is 0 Å². The fourth-order valence-electron chi connectivity index (χ4n) is 0.387. The van der Waals surface area contributed by atoms with Gasteiger partial charge in [-0.15, -0.1) is 0 Å². The molecule has 0 spiro atoms. The topological polar surface area (TPSA) is 57.5 Å². The lowest BCUT2D eigenvalue weighted by atomic mass is 10.5. The quantitative estimate of drug-likeness (QED) is 0.472. The molecule has 0 aliphatic carbocycles. The van der Waals surface area contributed by atoms with Crippen molar-refractivity contribution in [1.29, 1.82) is 0 Å². The molecule has 0 atom stereocenters. The molecule has 11 heavy (non-hydrogen) atoms. The van der Waals surface area contributed by atoms with Crippen molar-refractivity contribution in [2.45, 2.75) is 0 Å². The van der Waals surface area contributed by atoms with Crippen molar-refractivity contribution in [2.24, 2.45) is 0 Å². The van der Waals surface area contributed by atoms with Crippen molar-refractivity contribution in [1.82, 2.24) is 0 Å². The number of hydrogen-bond acceptors (Lipinski definition) is 1. The summed E-state index contributed by atoms with van der Waals surface area (Å²) in [6.45, 7) is 4.67. The third-order valence-corrected chi connectivity index (χ3v) is 0.677. The van der Waals surface area contributed by atoms with Gasteiger partial charge in [0.15, 0.2) is 0 Å². The molecule has 4 nitrogen and oxygen atoms in total. The fourth-order valence-corrected chi connectivity index (χ4v) is 0.387. The zero-order valence-corrected chi connectivity index (χ0v) is 7.24. The van der Waals surface area contributed by atoms with Crippen LogP contribution in [0.4, 0.5) is 4.79 Å². The van der Waals surface area contributed by atoms with Crippen molar-refractivity contribution in [3.05, 3.63) is 12.7 Å². The second kappa shape index (κ2) is 5.73. The monoisotopic (exact) mass is 162 g/mol. The molecule has 0 fully saturated rings. The van der Waals surface area contributed by atoms with Crippen LogP contribution < -0.4 is 0 Å². The highest BCUT2D eigenvalue weighted by molar-refractivity contribution is 5.53. The lowest BCUT2D eigenvalue weighted by Crippen LogP contribution is -2.33. The Hall–Kier alpha value is -1.03. The van der Waals surface area contributed by atoms with Crippen molar-refractivity contribution >= 4 is 6.16 Å². The summed E-state index contributed by atoms with van der Waals surface area (Å²) in [4.78, 5) is 8.56. The van der Waals surface area contributed by atoms with Gasteiger partial charge < -0.3 is 14.7 Å². The Kier molecular flexibility index (Phi) is 6.58. The lowest BCUT2D eigenvalue weighted by molar-refractivity contribution is -0.864. The van der Waals surface area contributed by atoms with Gasteiger partial charge in [-0.05, 0) is 6.08 Å². The van der Waals surface area contributed by atoms with E-state index in [2.05, 4.69) is 27.7 Å². The largest absolute Gasteiger partial charge is 0.503 e. The van der Waals surface area contributed by atoms with Crippen molar-refractivity contribution in [3.8, 4) is 0 Å². The molecule has 2 N–H and O–H groups in total. The second-order valence-corrected chi connectivity index (χ2v) is 3.04. The average Bonchev–Trinajstić information content (AvgIpc) is 1.58. The maximum Gasteiger partial charge on any atom is 0.503 e. The summed E-state index contributed by atoms with van der Waals surface area (Å²) < 4.78 is 0.976. The molecule has 0 aromatic heterocycles. The average molecular weight is 162 g/mol. The van der Waals surface area contributed by atoms with Gasteiger partial charge >= 0.3 is 6.16 Å². The van der Waals surface area contributed by atoms with Crippen LogP contribution in [0.3, 0.4) is 0 Å². The molecule has 0 bridgehead atoms. The fraction of sp³-hybridized carbons (Fsp3) is 0.571. The van der Waals surface area contributed by atoms with Gasteiger partial charge in [0.25, 0.3) is 0 Å². The number of carbonyl (C=O) groups is 1. The summed E-state index contributed by atoms with van der Waals surface area (Å²) in [5.74, 6) is 0. The summed E-state index contributed by atoms with van der Waals surface area (Å²) in [7, 11) is 6.42. The molecule has 0 rings (SSSR count). The maximum absolute atomic E-state index is 8.56. The highest BCUT2D eigenvalue weighted by Gasteiger charge is 1.99. The molecule has 66 valence electrons. The predicted molar refractivity (Wildman–Crippen MR) is 43.8 cm³/mol. The van der Waals surface area contributed by atoms with E-state index in [4.69, 9.17) is 15.0 Å². The number of likely N-dealkylation sites (N-methyl/N-ethyl adjacent to an activating group) is 1. The summed E-state index contributed by atoms with van der Waals surface area (Å²) in [5, 5.41) is 13.9. The zero-order valence-electron chi connectivity index (χ0n) is 7.24. The van der Waals surface area contributed by atoms with Gasteiger partial charge in [0.2, 0.25) is 0 Å².